The van der Waals surface area contributed by atoms with Crippen molar-refractivity contribution in [2.45, 2.75) is 12.5 Å². The zero-order valence-electron chi connectivity index (χ0n) is 13.2. The summed E-state index contributed by atoms with van der Waals surface area (Å²) >= 11 is 5.81. The number of para-hydroxylation sites is 1. The first-order valence-corrected chi connectivity index (χ1v) is 7.41. The lowest BCUT2D eigenvalue weighted by Gasteiger charge is -2.19. The van der Waals surface area contributed by atoms with Gasteiger partial charge in [0.1, 0.15) is 11.5 Å². The average molecular weight is 389 g/mol. The predicted octanol–water partition coefficient (Wildman–Crippen LogP) is 4.69. The van der Waals surface area contributed by atoms with Crippen LogP contribution < -0.4 is 4.74 Å². The monoisotopic (exact) mass is 388 g/mol. The highest BCUT2D eigenvalue weighted by molar-refractivity contribution is 6.32. The molecule has 6 nitrogen and oxygen atoms in total. The van der Waals surface area contributed by atoms with Crippen molar-refractivity contribution in [2.24, 2.45) is 0 Å². The van der Waals surface area contributed by atoms with E-state index in [2.05, 4.69) is 0 Å². The fourth-order valence-electron chi connectivity index (χ4n) is 2.10. The quantitative estimate of drug-likeness (QED) is 0.337. The summed E-state index contributed by atoms with van der Waals surface area (Å²) in [4.78, 5) is 10.4. The van der Waals surface area contributed by atoms with Gasteiger partial charge in [-0.05, 0) is 24.3 Å². The number of ether oxygens (including phenoxy) is 2. The molecule has 0 heterocycles. The maximum absolute atomic E-state index is 12.7. The third kappa shape index (κ3) is 4.30. The lowest BCUT2D eigenvalue weighted by Crippen LogP contribution is -2.30. The van der Waals surface area contributed by atoms with Crippen molar-refractivity contribution in [3.63, 3.8) is 0 Å². The van der Waals surface area contributed by atoms with E-state index in [0.29, 0.717) is 6.07 Å². The molecule has 1 N–H and O–H groups in total. The number of hydrogen-bond donors (Lipinski definition) is 1. The van der Waals surface area contributed by atoms with E-state index >= 15 is 0 Å². The Bertz CT molecular complexity index is 842. The van der Waals surface area contributed by atoms with E-state index < -0.39 is 23.0 Å². The number of nitrogens with zero attached hydrogens (tertiary/aromatic N) is 1. The van der Waals surface area contributed by atoms with Crippen LogP contribution in [-0.2, 0) is 10.9 Å². The molecule has 2 aromatic rings. The lowest BCUT2D eigenvalue weighted by molar-refractivity contribution is -0.385. The number of nitrogens with one attached hydrogen (secondary N) is 1. The van der Waals surface area contributed by atoms with Gasteiger partial charge in [0.15, 0.2) is 0 Å². The molecule has 0 saturated heterocycles. The summed E-state index contributed by atoms with van der Waals surface area (Å²) in [5, 5.41) is 18.8. The van der Waals surface area contributed by atoms with Crippen LogP contribution in [-0.4, -0.2) is 24.0 Å². The number of benzene rings is 2. The Kier molecular flexibility index (Phi) is 5.83. The van der Waals surface area contributed by atoms with Gasteiger partial charge in [0, 0.05) is 13.2 Å². The molecule has 0 amide bonds. The average Bonchev–Trinajstić information content (AvgIpc) is 2.59. The fraction of sp³-hybridized carbons (Fsp3) is 0.188. The smallest absolute Gasteiger partial charge is 0.416 e. The van der Waals surface area contributed by atoms with Gasteiger partial charge in [0.25, 0.3) is 5.69 Å². The van der Waals surface area contributed by atoms with E-state index in [1.54, 1.807) is 0 Å². The maximum atomic E-state index is 12.7. The fourth-order valence-corrected chi connectivity index (χ4v) is 2.33. The molecule has 26 heavy (non-hydrogen) atoms. The van der Waals surface area contributed by atoms with Crippen molar-refractivity contribution in [3.8, 4) is 5.75 Å². The molecule has 0 fully saturated rings. The van der Waals surface area contributed by atoms with Crippen molar-refractivity contribution in [1.29, 1.82) is 5.41 Å². The standard InChI is InChI=1S/C16H12ClF3N2O4/c1-25-15(14(21)10-4-2-3-5-12(10)22(23)24)26-13-7-6-9(8-11(13)17)16(18,19)20/h2-8,15,21H,1H3. The first kappa shape index (κ1) is 19.7. The van der Waals surface area contributed by atoms with Gasteiger partial charge < -0.3 is 9.47 Å². The molecule has 0 bridgehead atoms. The Morgan fingerprint density at radius 1 is 1.27 bits per heavy atom. The molecule has 10 heteroatoms. The number of halogens is 4. The Balaban J connectivity index is 2.30. The molecular formula is C16H12ClF3N2O4. The van der Waals surface area contributed by atoms with E-state index in [4.69, 9.17) is 26.5 Å². The van der Waals surface area contributed by atoms with E-state index in [9.17, 15) is 23.3 Å². The van der Waals surface area contributed by atoms with Crippen molar-refractivity contribution in [1.82, 2.24) is 0 Å². The number of alkyl halides is 3. The van der Waals surface area contributed by atoms with Gasteiger partial charge in [-0.25, -0.2) is 0 Å². The summed E-state index contributed by atoms with van der Waals surface area (Å²) < 4.78 is 48.4. The van der Waals surface area contributed by atoms with Gasteiger partial charge in [-0.2, -0.15) is 13.2 Å². The van der Waals surface area contributed by atoms with Crippen molar-refractivity contribution in [3.05, 3.63) is 68.7 Å². The molecule has 0 aliphatic carbocycles. The first-order chi connectivity index (χ1) is 12.1. The van der Waals surface area contributed by atoms with Crippen LogP contribution in [0.3, 0.4) is 0 Å². The Morgan fingerprint density at radius 3 is 2.46 bits per heavy atom. The minimum atomic E-state index is -4.57. The van der Waals surface area contributed by atoms with Crippen LogP contribution in [0.2, 0.25) is 5.02 Å². The highest BCUT2D eigenvalue weighted by Gasteiger charge is 2.31. The Labute approximate surface area is 150 Å². The second-order valence-corrected chi connectivity index (χ2v) is 5.42. The molecule has 0 aliphatic rings. The zero-order valence-corrected chi connectivity index (χ0v) is 14.0. The normalized spacial score (nSPS) is 12.5. The summed E-state index contributed by atoms with van der Waals surface area (Å²) in [7, 11) is 1.19. The third-order valence-electron chi connectivity index (χ3n) is 3.33. The SMILES string of the molecule is COC(Oc1ccc(C(F)(F)F)cc1Cl)C(=N)c1ccccc1[N+](=O)[O-]. The summed E-state index contributed by atoms with van der Waals surface area (Å²) in [6.45, 7) is 0. The zero-order chi connectivity index (χ0) is 19.5. The largest absolute Gasteiger partial charge is 0.457 e. The molecule has 0 saturated carbocycles. The van der Waals surface area contributed by atoms with Crippen molar-refractivity contribution < 1.29 is 27.6 Å². The topological polar surface area (TPSA) is 85.5 Å². The van der Waals surface area contributed by atoms with E-state index in [-0.39, 0.29) is 27.7 Å². The highest BCUT2D eigenvalue weighted by Crippen LogP contribution is 2.35. The van der Waals surface area contributed by atoms with E-state index in [1.165, 1.54) is 31.4 Å². The van der Waals surface area contributed by atoms with Crippen LogP contribution in [0.15, 0.2) is 42.5 Å². The highest BCUT2D eigenvalue weighted by atomic mass is 35.5. The Hall–Kier alpha value is -2.65. The van der Waals surface area contributed by atoms with E-state index in [0.717, 1.165) is 12.1 Å². The van der Waals surface area contributed by atoms with Crippen molar-refractivity contribution >= 4 is 23.0 Å². The number of nitro groups is 1. The number of hydrogen-bond acceptors (Lipinski definition) is 5. The summed E-state index contributed by atoms with van der Waals surface area (Å²) in [6, 6.07) is 7.91. The maximum Gasteiger partial charge on any atom is 0.416 e. The molecule has 2 rings (SSSR count). The number of rotatable bonds is 6. The van der Waals surface area contributed by atoms with Gasteiger partial charge in [-0.3, -0.25) is 15.5 Å². The summed E-state index contributed by atoms with van der Waals surface area (Å²) in [5.41, 5.74) is -1.72. The van der Waals surface area contributed by atoms with Crippen LogP contribution in [0, 0.1) is 15.5 Å². The van der Waals surface area contributed by atoms with Crippen molar-refractivity contribution in [2.75, 3.05) is 7.11 Å². The van der Waals surface area contributed by atoms with Crippen LogP contribution in [0.25, 0.3) is 0 Å². The molecule has 138 valence electrons. The molecule has 0 radical (unpaired) electrons. The van der Waals surface area contributed by atoms with Crippen LogP contribution in [0.4, 0.5) is 18.9 Å². The molecule has 0 aromatic heterocycles. The van der Waals surface area contributed by atoms with Gasteiger partial charge in [0.2, 0.25) is 6.29 Å². The number of methoxy groups -OCH3 is 1. The Morgan fingerprint density at radius 2 is 1.92 bits per heavy atom. The minimum Gasteiger partial charge on any atom is -0.457 e. The number of nitro benzene ring substituents is 1. The minimum absolute atomic E-state index is 0.0487. The molecule has 2 aromatic carbocycles. The second kappa shape index (κ2) is 7.71. The van der Waals surface area contributed by atoms with Gasteiger partial charge in [0.05, 0.1) is 21.1 Å². The first-order valence-electron chi connectivity index (χ1n) is 7.03. The second-order valence-electron chi connectivity index (χ2n) is 5.02. The molecular weight excluding hydrogens is 377 g/mol. The van der Waals surface area contributed by atoms with E-state index in [1.807, 2.05) is 0 Å². The predicted molar refractivity (Wildman–Crippen MR) is 87.8 cm³/mol. The summed E-state index contributed by atoms with van der Waals surface area (Å²) in [5.74, 6) is -0.158. The molecule has 0 spiro atoms. The molecule has 1 atom stereocenters. The van der Waals surface area contributed by atoms with Crippen LogP contribution >= 0.6 is 11.6 Å². The molecule has 1 unspecified atom stereocenters. The van der Waals surface area contributed by atoms with Crippen LogP contribution in [0.5, 0.6) is 5.75 Å². The third-order valence-corrected chi connectivity index (χ3v) is 3.63. The summed E-state index contributed by atoms with van der Waals surface area (Å²) in [6.07, 6.45) is -5.98. The lowest BCUT2D eigenvalue weighted by atomic mass is 10.1. The van der Waals surface area contributed by atoms with Crippen LogP contribution in [0.1, 0.15) is 11.1 Å². The molecule has 0 aliphatic heterocycles. The van der Waals surface area contributed by atoms with Gasteiger partial charge >= 0.3 is 6.18 Å². The van der Waals surface area contributed by atoms with Gasteiger partial charge in [-0.1, -0.05) is 23.7 Å². The van der Waals surface area contributed by atoms with Gasteiger partial charge in [-0.15, -0.1) is 0 Å².